The van der Waals surface area contributed by atoms with Crippen molar-refractivity contribution in [1.82, 2.24) is 5.43 Å². The zero-order valence-corrected chi connectivity index (χ0v) is 14.0. The largest absolute Gasteiger partial charge is 0.506 e. The lowest BCUT2D eigenvalue weighted by Crippen LogP contribution is -2.09. The highest BCUT2D eigenvalue weighted by atomic mass is 35.5. The minimum atomic E-state index is 0.0569. The van der Waals surface area contributed by atoms with Gasteiger partial charge in [-0.3, -0.25) is 0 Å². The first-order valence-electron chi connectivity index (χ1n) is 7.02. The van der Waals surface area contributed by atoms with E-state index >= 15 is 0 Å². The number of halogens is 1. The molecule has 2 rings (SSSR count). The maximum atomic E-state index is 9.43. The zero-order valence-electron chi connectivity index (χ0n) is 13.3. The molecule has 0 aromatic heterocycles. The van der Waals surface area contributed by atoms with E-state index in [1.165, 1.54) is 0 Å². The van der Waals surface area contributed by atoms with Crippen molar-refractivity contribution in [2.24, 2.45) is 5.10 Å². The molecule has 0 aliphatic rings. The summed E-state index contributed by atoms with van der Waals surface area (Å²) in [7, 11) is 3.21. The molecule has 2 aromatic carbocycles. The number of nitrogens with one attached hydrogen (secondary N) is 1. The lowest BCUT2D eigenvalue weighted by Gasteiger charge is -2.10. The van der Waals surface area contributed by atoms with E-state index in [-0.39, 0.29) is 5.75 Å². The van der Waals surface area contributed by atoms with Crippen LogP contribution in [0.4, 0.5) is 0 Å². The molecule has 23 heavy (non-hydrogen) atoms. The molecule has 0 bridgehead atoms. The number of phenols is 1. The number of methoxy groups -OCH3 is 2. The average molecular weight is 335 g/mol. The van der Waals surface area contributed by atoms with Crippen LogP contribution >= 0.6 is 11.6 Å². The Balaban J connectivity index is 2.04. The fourth-order valence-corrected chi connectivity index (χ4v) is 2.22. The number of rotatable bonds is 6. The van der Waals surface area contributed by atoms with Crippen molar-refractivity contribution in [3.63, 3.8) is 0 Å². The van der Waals surface area contributed by atoms with Crippen molar-refractivity contribution < 1.29 is 14.6 Å². The number of hydrogen-bond donors (Lipinski definition) is 2. The van der Waals surface area contributed by atoms with Gasteiger partial charge in [0.2, 0.25) is 0 Å². The summed E-state index contributed by atoms with van der Waals surface area (Å²) in [5.41, 5.74) is 5.64. The molecular formula is C17H19ClN2O3. The predicted octanol–water partition coefficient (Wildman–Crippen LogP) is 3.58. The third-order valence-corrected chi connectivity index (χ3v) is 3.65. The van der Waals surface area contributed by atoms with Crippen molar-refractivity contribution in [3.8, 4) is 17.2 Å². The Bertz CT molecular complexity index is 717. The summed E-state index contributed by atoms with van der Waals surface area (Å²) in [5, 5.41) is 14.0. The molecule has 0 aliphatic carbocycles. The summed E-state index contributed by atoms with van der Waals surface area (Å²) in [6.07, 6.45) is 0. The molecule has 0 saturated heterocycles. The molecule has 122 valence electrons. The highest BCUT2D eigenvalue weighted by Crippen LogP contribution is 2.27. The quantitative estimate of drug-likeness (QED) is 0.626. The number of ether oxygens (including phenoxy) is 2. The Kier molecular flexibility index (Phi) is 5.71. The van der Waals surface area contributed by atoms with Gasteiger partial charge in [-0.25, -0.2) is 0 Å². The van der Waals surface area contributed by atoms with E-state index < -0.39 is 0 Å². The monoisotopic (exact) mass is 334 g/mol. The van der Waals surface area contributed by atoms with Crippen LogP contribution in [0.15, 0.2) is 41.5 Å². The third-order valence-electron chi connectivity index (χ3n) is 3.34. The normalized spacial score (nSPS) is 11.2. The smallest absolute Gasteiger partial charge is 0.161 e. The Labute approximate surface area is 140 Å². The first-order chi connectivity index (χ1) is 11.0. The molecule has 0 radical (unpaired) electrons. The van der Waals surface area contributed by atoms with E-state index in [1.807, 2.05) is 25.1 Å². The minimum absolute atomic E-state index is 0.0569. The van der Waals surface area contributed by atoms with Crippen molar-refractivity contribution in [1.29, 1.82) is 0 Å². The summed E-state index contributed by atoms with van der Waals surface area (Å²) in [6, 6.07) is 10.7. The van der Waals surface area contributed by atoms with Crippen molar-refractivity contribution in [2.75, 3.05) is 14.2 Å². The molecule has 0 fully saturated rings. The van der Waals surface area contributed by atoms with E-state index in [0.717, 1.165) is 16.8 Å². The van der Waals surface area contributed by atoms with Crippen molar-refractivity contribution in [2.45, 2.75) is 13.5 Å². The molecule has 5 nitrogen and oxygen atoms in total. The second-order valence-electron chi connectivity index (χ2n) is 4.89. The van der Waals surface area contributed by atoms with Gasteiger partial charge >= 0.3 is 0 Å². The second-order valence-corrected chi connectivity index (χ2v) is 5.29. The fraction of sp³-hybridized carbons (Fsp3) is 0.235. The predicted molar refractivity (Wildman–Crippen MR) is 91.7 cm³/mol. The van der Waals surface area contributed by atoms with Crippen molar-refractivity contribution >= 4 is 17.3 Å². The van der Waals surface area contributed by atoms with Crippen molar-refractivity contribution in [3.05, 3.63) is 52.5 Å². The molecule has 0 heterocycles. The number of hydrazone groups is 1. The molecule has 0 spiro atoms. The van der Waals surface area contributed by atoms with E-state index in [1.54, 1.807) is 32.4 Å². The van der Waals surface area contributed by atoms with Crippen LogP contribution in [0.2, 0.25) is 5.02 Å². The molecule has 2 aromatic rings. The lowest BCUT2D eigenvalue weighted by atomic mass is 10.1. The topological polar surface area (TPSA) is 63.1 Å². The molecule has 0 amide bonds. The van der Waals surface area contributed by atoms with E-state index in [4.69, 9.17) is 21.1 Å². The molecule has 0 saturated carbocycles. The highest BCUT2D eigenvalue weighted by Gasteiger charge is 2.05. The third kappa shape index (κ3) is 4.29. The summed E-state index contributed by atoms with van der Waals surface area (Å²) >= 11 is 5.90. The molecular weight excluding hydrogens is 316 g/mol. The SMILES string of the molecule is COc1ccc(CN/N=C(/C)c2ccc(O)c(Cl)c2)cc1OC. The number of nitrogens with zero attached hydrogens (tertiary/aromatic N) is 1. The van der Waals surface area contributed by atoms with Gasteiger partial charge in [0, 0.05) is 0 Å². The maximum absolute atomic E-state index is 9.43. The van der Waals surface area contributed by atoms with Gasteiger partial charge in [-0.15, -0.1) is 0 Å². The van der Waals surface area contributed by atoms with Crippen LogP contribution in [0.1, 0.15) is 18.1 Å². The fourth-order valence-electron chi connectivity index (χ4n) is 2.04. The van der Waals surface area contributed by atoms with Gasteiger partial charge < -0.3 is 20.0 Å². The van der Waals surface area contributed by atoms with Crippen LogP contribution < -0.4 is 14.9 Å². The number of benzene rings is 2. The first-order valence-corrected chi connectivity index (χ1v) is 7.40. The van der Waals surface area contributed by atoms with Crippen LogP contribution in [0.3, 0.4) is 0 Å². The number of hydrogen-bond acceptors (Lipinski definition) is 5. The van der Waals surface area contributed by atoms with Gasteiger partial charge in [0.1, 0.15) is 5.75 Å². The Morgan fingerprint density at radius 1 is 1.13 bits per heavy atom. The molecule has 6 heteroatoms. The second kappa shape index (κ2) is 7.74. The first kappa shape index (κ1) is 17.0. The van der Waals surface area contributed by atoms with E-state index in [0.29, 0.717) is 23.1 Å². The zero-order chi connectivity index (χ0) is 16.8. The average Bonchev–Trinajstić information content (AvgIpc) is 2.57. The Morgan fingerprint density at radius 2 is 1.87 bits per heavy atom. The summed E-state index contributed by atoms with van der Waals surface area (Å²) in [5.74, 6) is 1.42. The summed E-state index contributed by atoms with van der Waals surface area (Å²) in [4.78, 5) is 0. The van der Waals surface area contributed by atoms with Crippen LogP contribution in [-0.2, 0) is 6.54 Å². The summed E-state index contributed by atoms with van der Waals surface area (Å²) in [6.45, 7) is 2.41. The molecule has 2 N–H and O–H groups in total. The molecule has 0 atom stereocenters. The van der Waals surface area contributed by atoms with Gasteiger partial charge in [-0.1, -0.05) is 17.7 Å². The molecule has 0 aliphatic heterocycles. The van der Waals surface area contributed by atoms with E-state index in [9.17, 15) is 5.11 Å². The standard InChI is InChI=1S/C17H19ClN2O3/c1-11(13-5-6-15(21)14(18)9-13)20-19-10-12-4-7-16(22-2)17(8-12)23-3/h4-9,19,21H,10H2,1-3H3/b20-11-. The maximum Gasteiger partial charge on any atom is 0.161 e. The van der Waals surface area contributed by atoms with Gasteiger partial charge in [-0.2, -0.15) is 5.10 Å². The Hall–Kier alpha value is -2.40. The summed E-state index contributed by atoms with van der Waals surface area (Å²) < 4.78 is 10.5. The van der Waals surface area contributed by atoms with Crippen LogP contribution in [0.25, 0.3) is 0 Å². The van der Waals surface area contributed by atoms with Gasteiger partial charge in [0.15, 0.2) is 11.5 Å². The van der Waals surface area contributed by atoms with Gasteiger partial charge in [0.25, 0.3) is 0 Å². The Morgan fingerprint density at radius 3 is 2.52 bits per heavy atom. The highest BCUT2D eigenvalue weighted by molar-refractivity contribution is 6.32. The van der Waals surface area contributed by atoms with Crippen LogP contribution in [0.5, 0.6) is 17.2 Å². The number of phenolic OH excluding ortho intramolecular Hbond substituents is 1. The van der Waals surface area contributed by atoms with Crippen LogP contribution in [0, 0.1) is 0 Å². The van der Waals surface area contributed by atoms with Gasteiger partial charge in [-0.05, 0) is 48.4 Å². The van der Waals surface area contributed by atoms with Crippen LogP contribution in [-0.4, -0.2) is 25.0 Å². The number of aromatic hydroxyl groups is 1. The lowest BCUT2D eigenvalue weighted by molar-refractivity contribution is 0.354. The van der Waals surface area contributed by atoms with Gasteiger partial charge in [0.05, 0.1) is 31.5 Å². The molecule has 0 unspecified atom stereocenters. The minimum Gasteiger partial charge on any atom is -0.506 e. The van der Waals surface area contributed by atoms with E-state index in [2.05, 4.69) is 10.5 Å².